The molecule has 0 aliphatic heterocycles. The van der Waals surface area contributed by atoms with Crippen LogP contribution in [0.3, 0.4) is 0 Å². The maximum atomic E-state index is 11.7. The number of carbonyl (C=O) groups excluding carboxylic acids is 1. The summed E-state index contributed by atoms with van der Waals surface area (Å²) in [6.07, 6.45) is 0. The van der Waals surface area contributed by atoms with Gasteiger partial charge >= 0.3 is 0 Å². The highest BCUT2D eigenvalue weighted by Crippen LogP contribution is 2.14. The van der Waals surface area contributed by atoms with Crippen molar-refractivity contribution in [2.24, 2.45) is 0 Å². The van der Waals surface area contributed by atoms with Gasteiger partial charge in [0.1, 0.15) is 5.75 Å². The lowest BCUT2D eigenvalue weighted by atomic mass is 10.1. The van der Waals surface area contributed by atoms with Gasteiger partial charge in [-0.1, -0.05) is 18.7 Å². The van der Waals surface area contributed by atoms with Crippen LogP contribution in [0.15, 0.2) is 36.5 Å². The van der Waals surface area contributed by atoms with E-state index in [2.05, 4.69) is 6.58 Å². The Morgan fingerprint density at radius 3 is 2.57 bits per heavy atom. The molecular weight excluding hydrogens is 178 g/mol. The van der Waals surface area contributed by atoms with Gasteiger partial charge in [0.2, 0.25) is 5.78 Å². The number of phenols is 1. The molecule has 1 aromatic rings. The Morgan fingerprint density at radius 2 is 2.07 bits per heavy atom. The van der Waals surface area contributed by atoms with Crippen LogP contribution in [0.1, 0.15) is 10.4 Å². The molecule has 0 fully saturated rings. The van der Waals surface area contributed by atoms with E-state index in [4.69, 9.17) is 0 Å². The Kier molecular flexibility index (Phi) is 2.92. The van der Waals surface area contributed by atoms with Crippen molar-refractivity contribution in [1.29, 1.82) is 0 Å². The smallest absolute Gasteiger partial charge is 0.208 e. The van der Waals surface area contributed by atoms with E-state index in [1.54, 1.807) is 31.1 Å². The molecule has 0 amide bonds. The van der Waals surface area contributed by atoms with Gasteiger partial charge in [-0.05, 0) is 12.1 Å². The predicted molar refractivity (Wildman–Crippen MR) is 55.3 cm³/mol. The second-order valence-corrected chi connectivity index (χ2v) is 3.22. The van der Waals surface area contributed by atoms with E-state index in [-0.39, 0.29) is 11.5 Å². The second-order valence-electron chi connectivity index (χ2n) is 3.22. The third-order valence-electron chi connectivity index (χ3n) is 1.91. The largest absolute Gasteiger partial charge is 0.508 e. The lowest BCUT2D eigenvalue weighted by Crippen LogP contribution is -2.18. The summed E-state index contributed by atoms with van der Waals surface area (Å²) in [5, 5.41) is 9.19. The van der Waals surface area contributed by atoms with Crippen LogP contribution < -0.4 is 0 Å². The minimum atomic E-state index is -0.175. The zero-order chi connectivity index (χ0) is 10.7. The molecule has 0 aliphatic carbocycles. The second kappa shape index (κ2) is 3.96. The number of allylic oxidation sites excluding steroid dienone is 1. The van der Waals surface area contributed by atoms with Crippen molar-refractivity contribution in [3.63, 3.8) is 0 Å². The van der Waals surface area contributed by atoms with E-state index in [1.165, 1.54) is 12.1 Å². The molecule has 3 nitrogen and oxygen atoms in total. The number of phenolic OH excluding ortho intramolecular Hbond substituents is 1. The highest BCUT2D eigenvalue weighted by Gasteiger charge is 2.11. The fraction of sp³-hybridized carbons (Fsp3) is 0.182. The molecule has 0 saturated heterocycles. The maximum Gasteiger partial charge on any atom is 0.208 e. The fourth-order valence-electron chi connectivity index (χ4n) is 1.02. The summed E-state index contributed by atoms with van der Waals surface area (Å²) in [6, 6.07) is 6.23. The number of ketones is 1. The van der Waals surface area contributed by atoms with Gasteiger partial charge in [0.25, 0.3) is 0 Å². The summed E-state index contributed by atoms with van der Waals surface area (Å²) in [5.41, 5.74) is 0.847. The molecule has 0 aromatic heterocycles. The Balaban J connectivity index is 2.95. The van der Waals surface area contributed by atoms with Crippen LogP contribution >= 0.6 is 0 Å². The summed E-state index contributed by atoms with van der Waals surface area (Å²) in [4.78, 5) is 13.3. The summed E-state index contributed by atoms with van der Waals surface area (Å²) in [6.45, 7) is 3.65. The van der Waals surface area contributed by atoms with Crippen LogP contribution in [0, 0.1) is 0 Å². The van der Waals surface area contributed by atoms with E-state index in [1.807, 2.05) is 0 Å². The summed E-state index contributed by atoms with van der Waals surface area (Å²) in [5.74, 6) is -0.0895. The standard InChI is InChI=1S/C11H13NO2/c1-8(12(2)3)11(14)9-5-4-6-10(13)7-9/h4-7,13H,1H2,2-3H3. The predicted octanol–water partition coefficient (Wildman–Crippen LogP) is 1.65. The molecule has 14 heavy (non-hydrogen) atoms. The first-order valence-corrected chi connectivity index (χ1v) is 4.22. The minimum absolute atomic E-state index is 0.0856. The van der Waals surface area contributed by atoms with Gasteiger partial charge in [0, 0.05) is 19.7 Å². The molecule has 0 heterocycles. The van der Waals surface area contributed by atoms with Crippen molar-refractivity contribution in [1.82, 2.24) is 4.90 Å². The van der Waals surface area contributed by atoms with E-state index in [0.29, 0.717) is 11.3 Å². The number of hydrogen-bond donors (Lipinski definition) is 1. The minimum Gasteiger partial charge on any atom is -0.508 e. The number of benzene rings is 1. The molecule has 0 saturated carbocycles. The van der Waals surface area contributed by atoms with Crippen molar-refractivity contribution < 1.29 is 9.90 Å². The molecule has 74 valence electrons. The number of likely N-dealkylation sites (N-methyl/N-ethyl adjacent to an activating group) is 1. The van der Waals surface area contributed by atoms with Crippen molar-refractivity contribution in [2.75, 3.05) is 14.1 Å². The monoisotopic (exact) mass is 191 g/mol. The summed E-state index contributed by atoms with van der Waals surface area (Å²) in [7, 11) is 3.51. The Hall–Kier alpha value is -1.77. The quantitative estimate of drug-likeness (QED) is 0.583. The summed E-state index contributed by atoms with van der Waals surface area (Å²) >= 11 is 0. The van der Waals surface area contributed by atoms with Crippen molar-refractivity contribution in [3.8, 4) is 5.75 Å². The highest BCUT2D eigenvalue weighted by molar-refractivity contribution is 6.07. The molecule has 0 bridgehead atoms. The highest BCUT2D eigenvalue weighted by atomic mass is 16.3. The third-order valence-corrected chi connectivity index (χ3v) is 1.91. The number of aromatic hydroxyl groups is 1. The molecule has 0 radical (unpaired) electrons. The molecular formula is C11H13NO2. The lowest BCUT2D eigenvalue weighted by Gasteiger charge is -2.14. The van der Waals surface area contributed by atoms with E-state index < -0.39 is 0 Å². The van der Waals surface area contributed by atoms with Crippen LogP contribution in [0.2, 0.25) is 0 Å². The Labute approximate surface area is 83.3 Å². The first kappa shape index (κ1) is 10.3. The van der Waals surface area contributed by atoms with Gasteiger partial charge < -0.3 is 10.0 Å². The van der Waals surface area contributed by atoms with Gasteiger partial charge in [0.05, 0.1) is 5.70 Å². The Bertz CT molecular complexity index is 369. The van der Waals surface area contributed by atoms with Gasteiger partial charge in [0.15, 0.2) is 0 Å². The molecule has 0 aliphatic rings. The third kappa shape index (κ3) is 2.13. The zero-order valence-corrected chi connectivity index (χ0v) is 8.32. The lowest BCUT2D eigenvalue weighted by molar-refractivity contribution is 0.100. The number of nitrogens with zero attached hydrogens (tertiary/aromatic N) is 1. The SMILES string of the molecule is C=C(C(=O)c1cccc(O)c1)N(C)C. The average Bonchev–Trinajstić information content (AvgIpc) is 2.15. The molecule has 3 heteroatoms. The summed E-state index contributed by atoms with van der Waals surface area (Å²) < 4.78 is 0. The van der Waals surface area contributed by atoms with Crippen LogP contribution in [-0.4, -0.2) is 29.9 Å². The number of hydrogen-bond acceptors (Lipinski definition) is 3. The van der Waals surface area contributed by atoms with Crippen LogP contribution in [0.4, 0.5) is 0 Å². The van der Waals surface area contributed by atoms with Crippen LogP contribution in [0.25, 0.3) is 0 Å². The molecule has 0 unspecified atom stereocenters. The molecule has 1 N–H and O–H groups in total. The average molecular weight is 191 g/mol. The first-order chi connectivity index (χ1) is 6.52. The number of carbonyl (C=O) groups is 1. The van der Waals surface area contributed by atoms with Crippen molar-refractivity contribution >= 4 is 5.78 Å². The molecule has 1 rings (SSSR count). The molecule has 0 spiro atoms. The molecule has 1 aromatic carbocycles. The fourth-order valence-corrected chi connectivity index (χ4v) is 1.02. The van der Waals surface area contributed by atoms with Crippen LogP contribution in [-0.2, 0) is 0 Å². The normalized spacial score (nSPS) is 9.57. The van der Waals surface area contributed by atoms with Gasteiger partial charge in [-0.15, -0.1) is 0 Å². The topological polar surface area (TPSA) is 40.5 Å². The van der Waals surface area contributed by atoms with E-state index >= 15 is 0 Å². The van der Waals surface area contributed by atoms with E-state index in [0.717, 1.165) is 0 Å². The van der Waals surface area contributed by atoms with Crippen LogP contribution in [0.5, 0.6) is 5.75 Å². The Morgan fingerprint density at radius 1 is 1.43 bits per heavy atom. The maximum absolute atomic E-state index is 11.7. The van der Waals surface area contributed by atoms with Gasteiger partial charge in [-0.2, -0.15) is 0 Å². The molecule has 0 atom stereocenters. The van der Waals surface area contributed by atoms with Gasteiger partial charge in [-0.25, -0.2) is 0 Å². The number of Topliss-reactive ketones (excluding diaryl/α,β-unsaturated/α-hetero) is 1. The number of rotatable bonds is 3. The first-order valence-electron chi connectivity index (χ1n) is 4.22. The van der Waals surface area contributed by atoms with Gasteiger partial charge in [-0.3, -0.25) is 4.79 Å². The van der Waals surface area contributed by atoms with Crippen molar-refractivity contribution in [2.45, 2.75) is 0 Å². The van der Waals surface area contributed by atoms with Crippen molar-refractivity contribution in [3.05, 3.63) is 42.1 Å². The zero-order valence-electron chi connectivity index (χ0n) is 8.32. The van der Waals surface area contributed by atoms with E-state index in [9.17, 15) is 9.90 Å².